The summed E-state index contributed by atoms with van der Waals surface area (Å²) in [5.41, 5.74) is 0. The summed E-state index contributed by atoms with van der Waals surface area (Å²) in [5.74, 6) is -1.05. The molecule has 1 aliphatic carbocycles. The van der Waals surface area contributed by atoms with Crippen molar-refractivity contribution in [1.29, 1.82) is 0 Å². The molecular weight excluding hydrogens is 208 g/mol. The zero-order chi connectivity index (χ0) is 11.8. The molecule has 5 nitrogen and oxygen atoms in total. The fraction of sp³-hybridized carbons (Fsp3) is 0.818. The summed E-state index contributed by atoms with van der Waals surface area (Å²) in [5, 5.41) is 13.9. The summed E-state index contributed by atoms with van der Waals surface area (Å²) < 4.78 is 0. The van der Waals surface area contributed by atoms with Gasteiger partial charge in [-0.15, -0.1) is 0 Å². The molecule has 0 bridgehead atoms. The van der Waals surface area contributed by atoms with Crippen LogP contribution in [0.4, 0.5) is 0 Å². The average Bonchev–Trinajstić information content (AvgIpc) is 2.45. The van der Waals surface area contributed by atoms with Crippen LogP contribution in [-0.4, -0.2) is 36.1 Å². The Bertz CT molecular complexity index is 235. The average molecular weight is 228 g/mol. The van der Waals surface area contributed by atoms with Crippen molar-refractivity contribution in [3.8, 4) is 0 Å². The maximum atomic E-state index is 11.4. The van der Waals surface area contributed by atoms with E-state index in [0.29, 0.717) is 0 Å². The molecule has 1 aliphatic rings. The van der Waals surface area contributed by atoms with Gasteiger partial charge in [-0.1, -0.05) is 25.7 Å². The molecule has 1 fully saturated rings. The van der Waals surface area contributed by atoms with Crippen molar-refractivity contribution in [2.45, 2.75) is 44.6 Å². The Morgan fingerprint density at radius 1 is 1.06 bits per heavy atom. The molecule has 92 valence electrons. The molecule has 0 saturated heterocycles. The lowest BCUT2D eigenvalue weighted by atomic mass is 10.1. The van der Waals surface area contributed by atoms with Crippen LogP contribution in [0.15, 0.2) is 0 Å². The minimum absolute atomic E-state index is 0.0861. The zero-order valence-electron chi connectivity index (χ0n) is 9.50. The Kier molecular flexibility index (Phi) is 5.85. The first-order valence-corrected chi connectivity index (χ1v) is 5.90. The van der Waals surface area contributed by atoms with Crippen LogP contribution in [0.3, 0.4) is 0 Å². The minimum Gasteiger partial charge on any atom is -0.480 e. The first-order chi connectivity index (χ1) is 7.68. The summed E-state index contributed by atoms with van der Waals surface area (Å²) in [6.07, 6.45) is 6.95. The summed E-state index contributed by atoms with van der Waals surface area (Å²) in [7, 11) is 0. The highest BCUT2D eigenvalue weighted by atomic mass is 16.4. The number of carboxylic acid groups (broad SMARTS) is 1. The third-order valence-corrected chi connectivity index (χ3v) is 2.78. The van der Waals surface area contributed by atoms with E-state index in [1.807, 2.05) is 0 Å². The van der Waals surface area contributed by atoms with Crippen molar-refractivity contribution >= 4 is 11.9 Å². The summed E-state index contributed by atoms with van der Waals surface area (Å²) in [6.45, 7) is -0.0825. The molecule has 5 heteroatoms. The van der Waals surface area contributed by atoms with E-state index in [-0.39, 0.29) is 25.0 Å². The monoisotopic (exact) mass is 228 g/mol. The van der Waals surface area contributed by atoms with E-state index in [1.165, 1.54) is 25.7 Å². The molecule has 0 unspecified atom stereocenters. The van der Waals surface area contributed by atoms with E-state index in [9.17, 15) is 9.59 Å². The molecule has 0 radical (unpaired) electrons. The molecule has 0 heterocycles. The molecular formula is C11H20N2O3. The van der Waals surface area contributed by atoms with Crippen molar-refractivity contribution < 1.29 is 14.7 Å². The molecule has 1 saturated carbocycles. The van der Waals surface area contributed by atoms with E-state index < -0.39 is 5.97 Å². The lowest BCUT2D eigenvalue weighted by Gasteiger charge is -2.16. The predicted molar refractivity (Wildman–Crippen MR) is 60.1 cm³/mol. The predicted octanol–water partition coefficient (Wildman–Crippen LogP) is 0.500. The fourth-order valence-electron chi connectivity index (χ4n) is 1.99. The van der Waals surface area contributed by atoms with Gasteiger partial charge in [-0.25, -0.2) is 0 Å². The highest BCUT2D eigenvalue weighted by molar-refractivity contribution is 5.79. The molecule has 3 N–H and O–H groups in total. The van der Waals surface area contributed by atoms with Crippen LogP contribution in [0.1, 0.15) is 38.5 Å². The van der Waals surface area contributed by atoms with Crippen LogP contribution in [0.5, 0.6) is 0 Å². The lowest BCUT2D eigenvalue weighted by Crippen LogP contribution is -2.41. The second-order valence-corrected chi connectivity index (χ2v) is 4.25. The SMILES string of the molecule is O=C(O)CNCC(=O)NC1CCCCCC1. The van der Waals surface area contributed by atoms with E-state index in [4.69, 9.17) is 5.11 Å². The van der Waals surface area contributed by atoms with Gasteiger partial charge in [0.1, 0.15) is 0 Å². The smallest absolute Gasteiger partial charge is 0.317 e. The number of amides is 1. The number of aliphatic carboxylic acids is 1. The molecule has 0 aliphatic heterocycles. The second-order valence-electron chi connectivity index (χ2n) is 4.25. The Balaban J connectivity index is 2.14. The third-order valence-electron chi connectivity index (χ3n) is 2.78. The van der Waals surface area contributed by atoms with Crippen LogP contribution >= 0.6 is 0 Å². The van der Waals surface area contributed by atoms with Gasteiger partial charge in [-0.2, -0.15) is 0 Å². The summed E-state index contributed by atoms with van der Waals surface area (Å²) in [6, 6.07) is 0.279. The van der Waals surface area contributed by atoms with E-state index >= 15 is 0 Å². The van der Waals surface area contributed by atoms with Crippen LogP contribution in [0.2, 0.25) is 0 Å². The molecule has 0 aromatic rings. The van der Waals surface area contributed by atoms with E-state index in [2.05, 4.69) is 10.6 Å². The van der Waals surface area contributed by atoms with Gasteiger partial charge in [-0.05, 0) is 12.8 Å². The fourth-order valence-corrected chi connectivity index (χ4v) is 1.99. The van der Waals surface area contributed by atoms with Gasteiger partial charge in [0, 0.05) is 6.04 Å². The Labute approximate surface area is 95.6 Å². The van der Waals surface area contributed by atoms with Gasteiger partial charge >= 0.3 is 5.97 Å². The molecule has 16 heavy (non-hydrogen) atoms. The van der Waals surface area contributed by atoms with Crippen LogP contribution in [-0.2, 0) is 9.59 Å². The number of carbonyl (C=O) groups excluding carboxylic acids is 1. The van der Waals surface area contributed by atoms with E-state index in [1.54, 1.807) is 0 Å². The molecule has 0 spiro atoms. The Hall–Kier alpha value is -1.10. The van der Waals surface area contributed by atoms with Gasteiger partial charge in [-0.3, -0.25) is 14.9 Å². The Morgan fingerprint density at radius 2 is 1.69 bits per heavy atom. The van der Waals surface area contributed by atoms with Crippen molar-refractivity contribution in [2.24, 2.45) is 0 Å². The number of hydrogen-bond donors (Lipinski definition) is 3. The molecule has 0 atom stereocenters. The Morgan fingerprint density at radius 3 is 2.25 bits per heavy atom. The van der Waals surface area contributed by atoms with E-state index in [0.717, 1.165) is 12.8 Å². The number of hydrogen-bond acceptors (Lipinski definition) is 3. The van der Waals surface area contributed by atoms with Gasteiger partial charge < -0.3 is 10.4 Å². The third kappa shape index (κ3) is 5.70. The van der Waals surface area contributed by atoms with Gasteiger partial charge in [0.2, 0.25) is 5.91 Å². The normalized spacial score (nSPS) is 17.8. The number of rotatable bonds is 5. The van der Waals surface area contributed by atoms with Crippen molar-refractivity contribution in [3.63, 3.8) is 0 Å². The highest BCUT2D eigenvalue weighted by Crippen LogP contribution is 2.16. The molecule has 0 aromatic carbocycles. The second kappa shape index (κ2) is 7.22. The standard InChI is InChI=1S/C11H20N2O3/c14-10(7-12-8-11(15)16)13-9-5-3-1-2-4-6-9/h9,12H,1-8H2,(H,13,14)(H,15,16). The maximum Gasteiger partial charge on any atom is 0.317 e. The van der Waals surface area contributed by atoms with Crippen molar-refractivity contribution in [1.82, 2.24) is 10.6 Å². The van der Waals surface area contributed by atoms with Crippen LogP contribution < -0.4 is 10.6 Å². The molecule has 1 rings (SSSR count). The summed E-state index contributed by atoms with van der Waals surface area (Å²) >= 11 is 0. The summed E-state index contributed by atoms with van der Waals surface area (Å²) in [4.78, 5) is 21.7. The van der Waals surface area contributed by atoms with Crippen LogP contribution in [0, 0.1) is 0 Å². The van der Waals surface area contributed by atoms with Crippen molar-refractivity contribution in [2.75, 3.05) is 13.1 Å². The first kappa shape index (κ1) is 13.0. The van der Waals surface area contributed by atoms with Gasteiger partial charge in [0.05, 0.1) is 13.1 Å². The number of carboxylic acids is 1. The topological polar surface area (TPSA) is 78.4 Å². The molecule has 0 aromatic heterocycles. The first-order valence-electron chi connectivity index (χ1n) is 5.90. The molecule has 1 amide bonds. The van der Waals surface area contributed by atoms with Gasteiger partial charge in [0.15, 0.2) is 0 Å². The minimum atomic E-state index is -0.942. The quantitative estimate of drug-likeness (QED) is 0.599. The number of carbonyl (C=O) groups is 2. The van der Waals surface area contributed by atoms with Gasteiger partial charge in [0.25, 0.3) is 0 Å². The lowest BCUT2D eigenvalue weighted by molar-refractivity contribution is -0.136. The zero-order valence-corrected chi connectivity index (χ0v) is 9.50. The largest absolute Gasteiger partial charge is 0.480 e. The number of nitrogens with one attached hydrogen (secondary N) is 2. The van der Waals surface area contributed by atoms with Crippen molar-refractivity contribution in [3.05, 3.63) is 0 Å². The van der Waals surface area contributed by atoms with Crippen LogP contribution in [0.25, 0.3) is 0 Å². The highest BCUT2D eigenvalue weighted by Gasteiger charge is 2.14. The maximum absolute atomic E-state index is 11.4.